The number of hydrogen-bond donors (Lipinski definition) is 0. The van der Waals surface area contributed by atoms with Crippen LogP contribution in [0, 0.1) is 0 Å². The molecule has 102 valence electrons. The van der Waals surface area contributed by atoms with Gasteiger partial charge in [0, 0.05) is 11.6 Å². The van der Waals surface area contributed by atoms with Gasteiger partial charge in [0.15, 0.2) is 5.76 Å². The van der Waals surface area contributed by atoms with Crippen LogP contribution in [-0.2, 0) is 6.54 Å². The van der Waals surface area contributed by atoms with Crippen molar-refractivity contribution >= 4 is 11.0 Å². The van der Waals surface area contributed by atoms with Crippen LogP contribution in [0.25, 0.3) is 22.4 Å². The lowest BCUT2D eigenvalue weighted by molar-refractivity contribution is 0.621. The summed E-state index contributed by atoms with van der Waals surface area (Å²) < 4.78 is 7.77. The monoisotopic (exact) mass is 274 g/mol. The highest BCUT2D eigenvalue weighted by Crippen LogP contribution is 2.26. The predicted octanol–water partition coefficient (Wildman–Crippen LogP) is 4.34. The summed E-state index contributed by atoms with van der Waals surface area (Å²) >= 11 is 0. The van der Waals surface area contributed by atoms with Crippen molar-refractivity contribution in [3.05, 3.63) is 78.5 Å². The standard InChI is InChI=1S/C18H14N2O/c1-2-6-14(7-3-1)13-20-11-10-16(19-20)18-12-15-8-4-5-9-17(15)21-18/h1-12H,13H2. The van der Waals surface area contributed by atoms with Gasteiger partial charge in [-0.05, 0) is 23.8 Å². The zero-order chi connectivity index (χ0) is 14.1. The zero-order valence-corrected chi connectivity index (χ0v) is 11.4. The van der Waals surface area contributed by atoms with Crippen LogP contribution in [0.2, 0.25) is 0 Å². The van der Waals surface area contributed by atoms with E-state index in [9.17, 15) is 0 Å². The molecule has 2 aromatic heterocycles. The van der Waals surface area contributed by atoms with Gasteiger partial charge in [0.05, 0.1) is 6.54 Å². The summed E-state index contributed by atoms with van der Waals surface area (Å²) in [6.45, 7) is 0.765. The molecule has 0 saturated heterocycles. The maximum atomic E-state index is 5.84. The van der Waals surface area contributed by atoms with Crippen LogP contribution in [0.4, 0.5) is 0 Å². The molecule has 0 fully saturated rings. The van der Waals surface area contributed by atoms with E-state index in [2.05, 4.69) is 17.2 Å². The first-order valence-electron chi connectivity index (χ1n) is 6.95. The molecule has 0 amide bonds. The van der Waals surface area contributed by atoms with Gasteiger partial charge < -0.3 is 4.42 Å². The fraction of sp³-hybridized carbons (Fsp3) is 0.0556. The van der Waals surface area contributed by atoms with E-state index in [4.69, 9.17) is 4.42 Å². The van der Waals surface area contributed by atoms with E-state index in [1.807, 2.05) is 65.5 Å². The molecule has 0 aliphatic heterocycles. The maximum Gasteiger partial charge on any atom is 0.155 e. The van der Waals surface area contributed by atoms with Crippen molar-refractivity contribution in [1.29, 1.82) is 0 Å². The minimum Gasteiger partial charge on any atom is -0.454 e. The highest BCUT2D eigenvalue weighted by molar-refractivity contribution is 5.81. The normalized spacial score (nSPS) is 11.0. The molecule has 0 atom stereocenters. The van der Waals surface area contributed by atoms with Gasteiger partial charge in [-0.2, -0.15) is 5.10 Å². The molecular formula is C18H14N2O. The lowest BCUT2D eigenvalue weighted by Crippen LogP contribution is -1.99. The molecule has 0 unspecified atom stereocenters. The number of para-hydroxylation sites is 1. The molecule has 0 aliphatic rings. The molecule has 2 heterocycles. The van der Waals surface area contributed by atoms with Crippen molar-refractivity contribution in [3.8, 4) is 11.5 Å². The number of fused-ring (bicyclic) bond motifs is 1. The van der Waals surface area contributed by atoms with Crippen molar-refractivity contribution in [2.75, 3.05) is 0 Å². The average molecular weight is 274 g/mol. The molecule has 3 heteroatoms. The van der Waals surface area contributed by atoms with Gasteiger partial charge in [-0.3, -0.25) is 4.68 Å². The molecule has 0 aliphatic carbocycles. The first-order valence-corrected chi connectivity index (χ1v) is 6.95. The zero-order valence-electron chi connectivity index (χ0n) is 11.4. The smallest absolute Gasteiger partial charge is 0.155 e. The predicted molar refractivity (Wildman–Crippen MR) is 83.0 cm³/mol. The summed E-state index contributed by atoms with van der Waals surface area (Å²) in [5, 5.41) is 5.70. The first kappa shape index (κ1) is 12.0. The van der Waals surface area contributed by atoms with Gasteiger partial charge in [0.25, 0.3) is 0 Å². The van der Waals surface area contributed by atoms with E-state index in [1.54, 1.807) is 0 Å². The lowest BCUT2D eigenvalue weighted by atomic mass is 10.2. The summed E-state index contributed by atoms with van der Waals surface area (Å²) in [6, 6.07) is 22.3. The Morgan fingerprint density at radius 2 is 1.71 bits per heavy atom. The van der Waals surface area contributed by atoms with Crippen molar-refractivity contribution in [2.24, 2.45) is 0 Å². The minimum atomic E-state index is 0.765. The Hall–Kier alpha value is -2.81. The van der Waals surface area contributed by atoms with Crippen LogP contribution in [0.15, 0.2) is 77.3 Å². The topological polar surface area (TPSA) is 31.0 Å². The second-order valence-electron chi connectivity index (χ2n) is 5.03. The maximum absolute atomic E-state index is 5.84. The van der Waals surface area contributed by atoms with Crippen LogP contribution >= 0.6 is 0 Å². The Bertz CT molecular complexity index is 841. The molecular weight excluding hydrogens is 260 g/mol. The fourth-order valence-corrected chi connectivity index (χ4v) is 2.46. The second-order valence-corrected chi connectivity index (χ2v) is 5.03. The van der Waals surface area contributed by atoms with E-state index < -0.39 is 0 Å². The summed E-state index contributed by atoms with van der Waals surface area (Å²) in [7, 11) is 0. The van der Waals surface area contributed by atoms with Crippen molar-refractivity contribution in [1.82, 2.24) is 9.78 Å². The second kappa shape index (κ2) is 4.94. The summed E-state index contributed by atoms with van der Waals surface area (Å²) in [4.78, 5) is 0. The lowest BCUT2D eigenvalue weighted by Gasteiger charge is -2.00. The summed E-state index contributed by atoms with van der Waals surface area (Å²) in [5.41, 5.74) is 2.99. The number of nitrogens with zero attached hydrogens (tertiary/aromatic N) is 2. The molecule has 0 saturated carbocycles. The van der Waals surface area contributed by atoms with Crippen molar-refractivity contribution < 1.29 is 4.42 Å². The summed E-state index contributed by atoms with van der Waals surface area (Å²) in [5.74, 6) is 0.808. The average Bonchev–Trinajstić information content (AvgIpc) is 3.14. The van der Waals surface area contributed by atoms with Crippen molar-refractivity contribution in [2.45, 2.75) is 6.54 Å². The third kappa shape index (κ3) is 2.34. The van der Waals surface area contributed by atoms with Crippen LogP contribution in [0.5, 0.6) is 0 Å². The Morgan fingerprint density at radius 3 is 2.57 bits per heavy atom. The molecule has 0 spiro atoms. The third-order valence-corrected chi connectivity index (χ3v) is 3.51. The molecule has 21 heavy (non-hydrogen) atoms. The molecule has 4 aromatic rings. The fourth-order valence-electron chi connectivity index (χ4n) is 2.46. The van der Waals surface area contributed by atoms with Crippen LogP contribution < -0.4 is 0 Å². The van der Waals surface area contributed by atoms with E-state index in [1.165, 1.54) is 5.56 Å². The largest absolute Gasteiger partial charge is 0.454 e. The van der Waals surface area contributed by atoms with E-state index >= 15 is 0 Å². The Balaban J connectivity index is 1.64. The highest BCUT2D eigenvalue weighted by Gasteiger charge is 2.08. The van der Waals surface area contributed by atoms with Gasteiger partial charge in [-0.25, -0.2) is 0 Å². The Morgan fingerprint density at radius 1 is 0.905 bits per heavy atom. The number of rotatable bonds is 3. The van der Waals surface area contributed by atoms with E-state index in [0.717, 1.165) is 29.0 Å². The van der Waals surface area contributed by atoms with E-state index in [0.29, 0.717) is 0 Å². The van der Waals surface area contributed by atoms with Gasteiger partial charge in [-0.1, -0.05) is 48.5 Å². The number of hydrogen-bond acceptors (Lipinski definition) is 2. The molecule has 3 nitrogen and oxygen atoms in total. The first-order chi connectivity index (χ1) is 10.4. The quantitative estimate of drug-likeness (QED) is 0.556. The van der Waals surface area contributed by atoms with E-state index in [-0.39, 0.29) is 0 Å². The molecule has 2 aromatic carbocycles. The van der Waals surface area contributed by atoms with Gasteiger partial charge in [0.1, 0.15) is 11.3 Å². The van der Waals surface area contributed by atoms with Crippen LogP contribution in [0.3, 0.4) is 0 Å². The van der Waals surface area contributed by atoms with Crippen LogP contribution in [0.1, 0.15) is 5.56 Å². The molecule has 0 bridgehead atoms. The number of aromatic nitrogens is 2. The number of benzene rings is 2. The minimum absolute atomic E-state index is 0.765. The molecule has 0 N–H and O–H groups in total. The van der Waals surface area contributed by atoms with Gasteiger partial charge >= 0.3 is 0 Å². The Kier molecular flexibility index (Phi) is 2.82. The number of furan rings is 1. The Labute approximate surface area is 122 Å². The van der Waals surface area contributed by atoms with Gasteiger partial charge in [-0.15, -0.1) is 0 Å². The van der Waals surface area contributed by atoms with Crippen molar-refractivity contribution in [3.63, 3.8) is 0 Å². The molecule has 0 radical (unpaired) electrons. The third-order valence-electron chi connectivity index (χ3n) is 3.51. The highest BCUT2D eigenvalue weighted by atomic mass is 16.3. The summed E-state index contributed by atoms with van der Waals surface area (Å²) in [6.07, 6.45) is 1.98. The SMILES string of the molecule is c1ccc(Cn2ccc(-c3cc4ccccc4o3)n2)cc1. The van der Waals surface area contributed by atoms with Crippen LogP contribution in [-0.4, -0.2) is 9.78 Å². The molecule has 4 rings (SSSR count). The van der Waals surface area contributed by atoms with Gasteiger partial charge in [0.2, 0.25) is 0 Å².